The van der Waals surface area contributed by atoms with E-state index in [9.17, 15) is 19.5 Å². The zero-order valence-corrected chi connectivity index (χ0v) is 12.0. The van der Waals surface area contributed by atoms with Crippen molar-refractivity contribution < 1.29 is 19.5 Å². The van der Waals surface area contributed by atoms with Gasteiger partial charge in [-0.2, -0.15) is 0 Å². The number of rotatable bonds is 5. The number of anilines is 1. The van der Waals surface area contributed by atoms with E-state index in [-0.39, 0.29) is 11.8 Å². The summed E-state index contributed by atoms with van der Waals surface area (Å²) in [5.41, 5.74) is -0.436. The van der Waals surface area contributed by atoms with Crippen LogP contribution in [0.15, 0.2) is 24.3 Å². The molecule has 2 amide bonds. The third-order valence-electron chi connectivity index (χ3n) is 3.66. The fraction of sp³-hybridized carbons (Fsp3) is 0.400. The van der Waals surface area contributed by atoms with Crippen LogP contribution in [-0.2, 0) is 9.59 Å². The maximum Gasteiger partial charge on any atom is 0.329 e. The predicted molar refractivity (Wildman–Crippen MR) is 77.0 cm³/mol. The highest BCUT2D eigenvalue weighted by molar-refractivity contribution is 5.99. The number of carbonyl (C=O) groups excluding carboxylic acids is 2. The number of hydrogen-bond donors (Lipinski definition) is 3. The van der Waals surface area contributed by atoms with E-state index in [0.717, 1.165) is 12.8 Å². The van der Waals surface area contributed by atoms with Gasteiger partial charge in [0.15, 0.2) is 0 Å². The molecule has 1 aliphatic rings. The van der Waals surface area contributed by atoms with E-state index < -0.39 is 17.4 Å². The van der Waals surface area contributed by atoms with Gasteiger partial charge in [0.05, 0.1) is 0 Å². The first kappa shape index (κ1) is 15.0. The summed E-state index contributed by atoms with van der Waals surface area (Å²) in [6, 6.07) is 6.40. The molecule has 112 valence electrons. The first-order chi connectivity index (χ1) is 9.83. The first-order valence-electron chi connectivity index (χ1n) is 6.76. The zero-order chi connectivity index (χ0) is 15.6. The molecule has 2 rings (SSSR count). The topological polar surface area (TPSA) is 95.5 Å². The molecule has 6 heteroatoms. The van der Waals surface area contributed by atoms with Crippen LogP contribution in [0.3, 0.4) is 0 Å². The SMILES string of the molecule is CC(=O)Nc1cccc(C(=O)NC(C)(C(=O)O)C2CC2)c1. The van der Waals surface area contributed by atoms with Crippen molar-refractivity contribution in [1.82, 2.24) is 5.32 Å². The third kappa shape index (κ3) is 3.39. The molecule has 3 N–H and O–H groups in total. The lowest BCUT2D eigenvalue weighted by atomic mass is 9.95. The van der Waals surface area contributed by atoms with E-state index in [1.165, 1.54) is 19.9 Å². The Morgan fingerprint density at radius 2 is 1.95 bits per heavy atom. The van der Waals surface area contributed by atoms with E-state index in [1.807, 2.05) is 0 Å². The van der Waals surface area contributed by atoms with Gasteiger partial charge in [-0.1, -0.05) is 6.07 Å². The predicted octanol–water partition coefficient (Wildman–Crippen LogP) is 1.63. The van der Waals surface area contributed by atoms with Crippen molar-refractivity contribution in [3.8, 4) is 0 Å². The summed E-state index contributed by atoms with van der Waals surface area (Å²) in [6.45, 7) is 2.91. The number of carbonyl (C=O) groups is 3. The molecule has 1 aliphatic carbocycles. The first-order valence-corrected chi connectivity index (χ1v) is 6.76. The highest BCUT2D eigenvalue weighted by Gasteiger charge is 2.48. The van der Waals surface area contributed by atoms with Crippen LogP contribution in [0, 0.1) is 5.92 Å². The molecule has 0 bridgehead atoms. The molecular formula is C15H18N2O4. The Labute approximate surface area is 122 Å². The molecule has 1 unspecified atom stereocenters. The summed E-state index contributed by atoms with van der Waals surface area (Å²) in [5, 5.41) is 14.5. The van der Waals surface area contributed by atoms with Crippen molar-refractivity contribution in [2.75, 3.05) is 5.32 Å². The van der Waals surface area contributed by atoms with Gasteiger partial charge in [-0.3, -0.25) is 9.59 Å². The van der Waals surface area contributed by atoms with Gasteiger partial charge >= 0.3 is 5.97 Å². The standard InChI is InChI=1S/C15H18N2O4/c1-9(18)16-12-5-3-4-10(8-12)13(19)17-15(2,14(20)21)11-6-7-11/h3-5,8,11H,6-7H2,1-2H3,(H,16,18)(H,17,19)(H,20,21). The lowest BCUT2D eigenvalue weighted by Crippen LogP contribution is -2.54. The second kappa shape index (κ2) is 5.55. The Morgan fingerprint density at radius 1 is 1.29 bits per heavy atom. The summed E-state index contributed by atoms with van der Waals surface area (Å²) >= 11 is 0. The van der Waals surface area contributed by atoms with Crippen molar-refractivity contribution in [1.29, 1.82) is 0 Å². The molecular weight excluding hydrogens is 272 g/mol. The average Bonchev–Trinajstić information content (AvgIpc) is 3.22. The molecule has 0 saturated heterocycles. The fourth-order valence-electron chi connectivity index (χ4n) is 2.24. The monoisotopic (exact) mass is 290 g/mol. The molecule has 1 aromatic rings. The van der Waals surface area contributed by atoms with E-state index in [4.69, 9.17) is 0 Å². The molecule has 1 fully saturated rings. The van der Waals surface area contributed by atoms with Crippen LogP contribution in [0.4, 0.5) is 5.69 Å². The normalized spacial score (nSPS) is 16.7. The fourth-order valence-corrected chi connectivity index (χ4v) is 2.24. The van der Waals surface area contributed by atoms with Crippen LogP contribution in [0.2, 0.25) is 0 Å². The number of carboxylic acids is 1. The minimum absolute atomic E-state index is 0.0301. The minimum Gasteiger partial charge on any atom is -0.480 e. The molecule has 0 aliphatic heterocycles. The highest BCUT2D eigenvalue weighted by Crippen LogP contribution is 2.39. The number of carboxylic acid groups (broad SMARTS) is 1. The molecule has 6 nitrogen and oxygen atoms in total. The Bertz CT molecular complexity index is 595. The Balaban J connectivity index is 2.16. The number of hydrogen-bond acceptors (Lipinski definition) is 3. The number of benzene rings is 1. The van der Waals surface area contributed by atoms with Gasteiger partial charge in [0, 0.05) is 18.2 Å². The summed E-state index contributed by atoms with van der Waals surface area (Å²) in [7, 11) is 0. The van der Waals surface area contributed by atoms with E-state index in [1.54, 1.807) is 18.2 Å². The third-order valence-corrected chi connectivity index (χ3v) is 3.66. The summed E-state index contributed by atoms with van der Waals surface area (Å²) in [6.07, 6.45) is 1.60. The Hall–Kier alpha value is -2.37. The maximum atomic E-state index is 12.2. The van der Waals surface area contributed by atoms with Crippen LogP contribution in [0.25, 0.3) is 0 Å². The molecule has 0 radical (unpaired) electrons. The lowest BCUT2D eigenvalue weighted by Gasteiger charge is -2.26. The van der Waals surface area contributed by atoms with Crippen molar-refractivity contribution in [2.45, 2.75) is 32.2 Å². The van der Waals surface area contributed by atoms with E-state index >= 15 is 0 Å². The van der Waals surface area contributed by atoms with Gasteiger partial charge in [-0.15, -0.1) is 0 Å². The number of aliphatic carboxylic acids is 1. The largest absolute Gasteiger partial charge is 0.480 e. The van der Waals surface area contributed by atoms with Crippen molar-refractivity contribution in [3.05, 3.63) is 29.8 Å². The lowest BCUT2D eigenvalue weighted by molar-refractivity contribution is -0.144. The second-order valence-corrected chi connectivity index (χ2v) is 5.50. The summed E-state index contributed by atoms with van der Waals surface area (Å²) in [5.74, 6) is -1.76. The maximum absolute atomic E-state index is 12.2. The second-order valence-electron chi connectivity index (χ2n) is 5.50. The van der Waals surface area contributed by atoms with Gasteiger partial charge in [0.2, 0.25) is 5.91 Å². The van der Waals surface area contributed by atoms with Crippen LogP contribution in [0.5, 0.6) is 0 Å². The average molecular weight is 290 g/mol. The van der Waals surface area contributed by atoms with Gasteiger partial charge < -0.3 is 15.7 Å². The molecule has 21 heavy (non-hydrogen) atoms. The quantitative estimate of drug-likeness (QED) is 0.768. The molecule has 0 aromatic heterocycles. The molecule has 1 saturated carbocycles. The van der Waals surface area contributed by atoms with Crippen molar-refractivity contribution in [2.24, 2.45) is 5.92 Å². The number of nitrogens with one attached hydrogen (secondary N) is 2. The molecule has 0 heterocycles. The van der Waals surface area contributed by atoms with Gasteiger partial charge in [-0.25, -0.2) is 4.79 Å². The van der Waals surface area contributed by atoms with E-state index in [0.29, 0.717) is 11.3 Å². The zero-order valence-electron chi connectivity index (χ0n) is 12.0. The van der Waals surface area contributed by atoms with Crippen LogP contribution in [-0.4, -0.2) is 28.4 Å². The summed E-state index contributed by atoms with van der Waals surface area (Å²) in [4.78, 5) is 34.7. The minimum atomic E-state index is -1.25. The van der Waals surface area contributed by atoms with E-state index in [2.05, 4.69) is 10.6 Å². The smallest absolute Gasteiger partial charge is 0.329 e. The van der Waals surface area contributed by atoms with Crippen LogP contribution in [0.1, 0.15) is 37.0 Å². The molecule has 1 aromatic carbocycles. The Morgan fingerprint density at radius 3 is 2.48 bits per heavy atom. The number of amides is 2. The highest BCUT2D eigenvalue weighted by atomic mass is 16.4. The summed E-state index contributed by atoms with van der Waals surface area (Å²) < 4.78 is 0. The van der Waals surface area contributed by atoms with Crippen LogP contribution < -0.4 is 10.6 Å². The van der Waals surface area contributed by atoms with Gasteiger partial charge in [0.1, 0.15) is 5.54 Å². The molecule has 0 spiro atoms. The van der Waals surface area contributed by atoms with Crippen molar-refractivity contribution in [3.63, 3.8) is 0 Å². The van der Waals surface area contributed by atoms with Gasteiger partial charge in [-0.05, 0) is 43.9 Å². The Kier molecular flexibility index (Phi) is 3.97. The van der Waals surface area contributed by atoms with Crippen molar-refractivity contribution >= 4 is 23.5 Å². The van der Waals surface area contributed by atoms with Gasteiger partial charge in [0.25, 0.3) is 5.91 Å². The van der Waals surface area contributed by atoms with Crippen LogP contribution >= 0.6 is 0 Å². The molecule has 1 atom stereocenters.